The second-order valence-electron chi connectivity index (χ2n) is 10.9. The molecule has 3 heterocycles. The fraction of sp³-hybridized carbons (Fsp3) is 0.433. The summed E-state index contributed by atoms with van der Waals surface area (Å²) in [5, 5.41) is 5.87. The number of piperazine rings is 1. The van der Waals surface area contributed by atoms with E-state index in [0.29, 0.717) is 17.5 Å². The number of ether oxygens (including phenoxy) is 1. The SMILES string of the molecule is COc1cc(N2CCN(C(C)C)CC2)ccc1Nc1ncc(C(F)(F)F)c(NCc2cccc3c2C(C)C(=O)N3C)n1. The predicted octanol–water partition coefficient (Wildman–Crippen LogP) is 5.47. The Balaban J connectivity index is 1.37. The van der Waals surface area contributed by atoms with Gasteiger partial charge in [0.1, 0.15) is 17.1 Å². The molecule has 0 radical (unpaired) electrons. The lowest BCUT2D eigenvalue weighted by molar-refractivity contribution is -0.137. The van der Waals surface area contributed by atoms with Crippen LogP contribution in [0.3, 0.4) is 0 Å². The number of aromatic nitrogens is 2. The van der Waals surface area contributed by atoms with Crippen LogP contribution in [0.5, 0.6) is 5.75 Å². The van der Waals surface area contributed by atoms with Gasteiger partial charge in [0.05, 0.1) is 18.7 Å². The minimum Gasteiger partial charge on any atom is -0.494 e. The van der Waals surface area contributed by atoms with Gasteiger partial charge in [-0.15, -0.1) is 0 Å². The van der Waals surface area contributed by atoms with Crippen molar-refractivity contribution in [1.29, 1.82) is 0 Å². The smallest absolute Gasteiger partial charge is 0.421 e. The zero-order valence-corrected chi connectivity index (χ0v) is 24.4. The van der Waals surface area contributed by atoms with Crippen LogP contribution < -0.4 is 25.2 Å². The first-order valence-electron chi connectivity index (χ1n) is 14.0. The van der Waals surface area contributed by atoms with Gasteiger partial charge in [-0.25, -0.2) is 4.98 Å². The highest BCUT2D eigenvalue weighted by molar-refractivity contribution is 6.04. The molecule has 12 heteroatoms. The molecular weight excluding hydrogens is 547 g/mol. The molecule has 5 rings (SSSR count). The monoisotopic (exact) mass is 583 g/mol. The first-order valence-corrected chi connectivity index (χ1v) is 14.0. The molecule has 1 fully saturated rings. The van der Waals surface area contributed by atoms with Gasteiger partial charge in [-0.05, 0) is 50.1 Å². The highest BCUT2D eigenvalue weighted by Gasteiger charge is 2.36. The number of hydrogen-bond acceptors (Lipinski definition) is 8. The lowest BCUT2D eigenvalue weighted by Crippen LogP contribution is -2.48. The van der Waals surface area contributed by atoms with Crippen molar-refractivity contribution in [2.75, 3.05) is 60.8 Å². The summed E-state index contributed by atoms with van der Waals surface area (Å²) < 4.78 is 47.3. The molecule has 0 spiro atoms. The van der Waals surface area contributed by atoms with E-state index in [9.17, 15) is 18.0 Å². The molecule has 0 bridgehead atoms. The minimum absolute atomic E-state index is 0.0105. The third-order valence-corrected chi connectivity index (χ3v) is 8.05. The van der Waals surface area contributed by atoms with Crippen LogP contribution in [0, 0.1) is 0 Å². The van der Waals surface area contributed by atoms with Gasteiger partial charge in [0.15, 0.2) is 0 Å². The molecular formula is C30H36F3N7O2. The highest BCUT2D eigenvalue weighted by atomic mass is 19.4. The quantitative estimate of drug-likeness (QED) is 0.361. The standard InChI is InChI=1S/C30H36F3N7O2/c1-18(2)39-11-13-40(14-12-39)21-9-10-23(25(15-21)42-5)36-29-35-17-22(30(31,32)33)27(37-29)34-16-20-7-6-8-24-26(20)19(3)28(41)38(24)4/h6-10,15,17-19H,11-14,16H2,1-5H3,(H2,34,35,36,37). The van der Waals surface area contributed by atoms with Crippen molar-refractivity contribution >= 4 is 34.7 Å². The summed E-state index contributed by atoms with van der Waals surface area (Å²) in [6.07, 6.45) is -3.90. The lowest BCUT2D eigenvalue weighted by Gasteiger charge is -2.38. The number of anilines is 5. The molecule has 1 amide bonds. The van der Waals surface area contributed by atoms with Crippen LogP contribution in [-0.4, -0.2) is 67.2 Å². The van der Waals surface area contributed by atoms with Crippen LogP contribution >= 0.6 is 0 Å². The summed E-state index contributed by atoms with van der Waals surface area (Å²) in [4.78, 5) is 27.0. The maximum atomic E-state index is 13.9. The number of halogens is 3. The van der Waals surface area contributed by atoms with Crippen molar-refractivity contribution < 1.29 is 22.7 Å². The van der Waals surface area contributed by atoms with Crippen LogP contribution in [0.15, 0.2) is 42.6 Å². The van der Waals surface area contributed by atoms with Gasteiger partial charge in [-0.3, -0.25) is 9.69 Å². The van der Waals surface area contributed by atoms with Gasteiger partial charge < -0.3 is 25.2 Å². The van der Waals surface area contributed by atoms with E-state index >= 15 is 0 Å². The van der Waals surface area contributed by atoms with Crippen molar-refractivity contribution in [3.05, 3.63) is 59.3 Å². The van der Waals surface area contributed by atoms with Crippen LogP contribution in [0.2, 0.25) is 0 Å². The number of amides is 1. The van der Waals surface area contributed by atoms with Crippen LogP contribution in [0.1, 0.15) is 43.4 Å². The molecule has 2 aromatic carbocycles. The van der Waals surface area contributed by atoms with E-state index in [2.05, 4.69) is 44.2 Å². The summed E-state index contributed by atoms with van der Waals surface area (Å²) in [5.41, 5.74) is 2.84. The number of nitrogens with one attached hydrogen (secondary N) is 2. The van der Waals surface area contributed by atoms with Crippen molar-refractivity contribution in [2.24, 2.45) is 0 Å². The van der Waals surface area contributed by atoms with Gasteiger partial charge in [0.25, 0.3) is 0 Å². The van der Waals surface area contributed by atoms with Crippen LogP contribution in [0.4, 0.5) is 42.0 Å². The number of nitrogens with zero attached hydrogens (tertiary/aromatic N) is 5. The van der Waals surface area contributed by atoms with E-state index in [1.165, 1.54) is 0 Å². The molecule has 1 unspecified atom stereocenters. The summed E-state index contributed by atoms with van der Waals surface area (Å²) in [7, 11) is 3.24. The molecule has 2 aliphatic rings. The van der Waals surface area contributed by atoms with Gasteiger partial charge in [0.2, 0.25) is 11.9 Å². The second-order valence-corrected chi connectivity index (χ2v) is 10.9. The third-order valence-electron chi connectivity index (χ3n) is 8.05. The molecule has 42 heavy (non-hydrogen) atoms. The third kappa shape index (κ3) is 5.80. The predicted molar refractivity (Wildman–Crippen MR) is 158 cm³/mol. The average molecular weight is 584 g/mol. The van der Waals surface area contributed by atoms with E-state index < -0.39 is 11.7 Å². The molecule has 3 aromatic rings. The normalized spacial score (nSPS) is 17.5. The molecule has 1 aromatic heterocycles. The minimum atomic E-state index is -4.66. The Labute approximate surface area is 243 Å². The molecule has 224 valence electrons. The molecule has 2 aliphatic heterocycles. The molecule has 1 saturated heterocycles. The van der Waals surface area contributed by atoms with Gasteiger partial charge in [0, 0.05) is 69.5 Å². The van der Waals surface area contributed by atoms with Crippen LogP contribution in [-0.2, 0) is 17.5 Å². The highest BCUT2D eigenvalue weighted by Crippen LogP contribution is 2.40. The number of hydrogen-bond donors (Lipinski definition) is 2. The number of carbonyl (C=O) groups is 1. The molecule has 1 atom stereocenters. The van der Waals surface area contributed by atoms with E-state index in [-0.39, 0.29) is 30.1 Å². The van der Waals surface area contributed by atoms with Gasteiger partial charge in [-0.2, -0.15) is 18.2 Å². The number of benzene rings is 2. The van der Waals surface area contributed by atoms with Gasteiger partial charge >= 0.3 is 6.18 Å². The fourth-order valence-electron chi connectivity index (χ4n) is 5.64. The van der Waals surface area contributed by atoms with Crippen LogP contribution in [0.25, 0.3) is 0 Å². The summed E-state index contributed by atoms with van der Waals surface area (Å²) >= 11 is 0. The molecule has 0 aliphatic carbocycles. The molecule has 9 nitrogen and oxygen atoms in total. The maximum absolute atomic E-state index is 13.9. The molecule has 0 saturated carbocycles. The van der Waals surface area contributed by atoms with Crippen molar-refractivity contribution in [2.45, 2.75) is 45.5 Å². The summed E-state index contributed by atoms with van der Waals surface area (Å²) in [6.45, 7) is 9.94. The zero-order valence-electron chi connectivity index (χ0n) is 24.4. The topological polar surface area (TPSA) is 85.9 Å². The second kappa shape index (κ2) is 11.7. The Morgan fingerprint density at radius 2 is 1.86 bits per heavy atom. The fourth-order valence-corrected chi connectivity index (χ4v) is 5.64. The Kier molecular flexibility index (Phi) is 8.18. The Bertz CT molecular complexity index is 1460. The Morgan fingerprint density at radius 3 is 2.52 bits per heavy atom. The van der Waals surface area contributed by atoms with E-state index in [1.54, 1.807) is 38.1 Å². The first-order chi connectivity index (χ1) is 20.0. The first kappa shape index (κ1) is 29.4. The number of likely N-dealkylation sites (N-methyl/N-ethyl adjacent to an activating group) is 1. The van der Waals surface area contributed by atoms with Gasteiger partial charge in [-0.1, -0.05) is 12.1 Å². The average Bonchev–Trinajstić information content (AvgIpc) is 3.20. The van der Waals surface area contributed by atoms with E-state index in [0.717, 1.165) is 54.9 Å². The Morgan fingerprint density at radius 1 is 1.12 bits per heavy atom. The number of methoxy groups -OCH3 is 1. The summed E-state index contributed by atoms with van der Waals surface area (Å²) in [5.74, 6) is -0.286. The van der Waals surface area contributed by atoms with Crippen molar-refractivity contribution in [1.82, 2.24) is 14.9 Å². The number of carbonyl (C=O) groups excluding carboxylic acids is 1. The number of rotatable bonds is 8. The van der Waals surface area contributed by atoms with E-state index in [1.807, 2.05) is 24.3 Å². The van der Waals surface area contributed by atoms with E-state index in [4.69, 9.17) is 4.74 Å². The van der Waals surface area contributed by atoms with Crippen molar-refractivity contribution in [3.8, 4) is 5.75 Å². The zero-order chi connectivity index (χ0) is 30.2. The largest absolute Gasteiger partial charge is 0.494 e. The molecule has 2 N–H and O–H groups in total. The maximum Gasteiger partial charge on any atom is 0.421 e. The van der Waals surface area contributed by atoms with Crippen molar-refractivity contribution in [3.63, 3.8) is 0 Å². The summed E-state index contributed by atoms with van der Waals surface area (Å²) in [6, 6.07) is 11.6. The number of alkyl halides is 3. The Hall–Kier alpha value is -4.06. The number of fused-ring (bicyclic) bond motifs is 1. The lowest BCUT2D eigenvalue weighted by atomic mass is 9.97.